The highest BCUT2D eigenvalue weighted by Crippen LogP contribution is 2.23. The summed E-state index contributed by atoms with van der Waals surface area (Å²) in [6, 6.07) is 11.5. The lowest BCUT2D eigenvalue weighted by molar-refractivity contribution is 0.122. The molecule has 0 saturated carbocycles. The highest BCUT2D eigenvalue weighted by molar-refractivity contribution is 7.92. The number of aromatic nitrogens is 1. The van der Waals surface area contributed by atoms with Gasteiger partial charge in [-0.25, -0.2) is 13.2 Å². The number of anilines is 2. The van der Waals surface area contributed by atoms with Crippen LogP contribution in [-0.4, -0.2) is 39.3 Å². The van der Waals surface area contributed by atoms with E-state index >= 15 is 0 Å². The van der Waals surface area contributed by atoms with Gasteiger partial charge < -0.3 is 14.1 Å². The van der Waals surface area contributed by atoms with Crippen molar-refractivity contribution in [1.29, 1.82) is 0 Å². The first-order valence-electron chi connectivity index (χ1n) is 8.49. The van der Waals surface area contributed by atoms with Gasteiger partial charge >= 0.3 is 5.76 Å². The average Bonchev–Trinajstić information content (AvgIpc) is 2.96. The predicted octanol–water partition coefficient (Wildman–Crippen LogP) is 1.77. The van der Waals surface area contributed by atoms with Gasteiger partial charge in [0.1, 0.15) is 0 Å². The predicted molar refractivity (Wildman–Crippen MR) is 102 cm³/mol. The molecule has 1 aliphatic rings. The van der Waals surface area contributed by atoms with E-state index in [1.807, 2.05) is 12.1 Å². The van der Waals surface area contributed by atoms with Crippen molar-refractivity contribution in [1.82, 2.24) is 4.57 Å². The van der Waals surface area contributed by atoms with Crippen LogP contribution in [0, 0.1) is 0 Å². The minimum absolute atomic E-state index is 0.0589. The van der Waals surface area contributed by atoms with Crippen LogP contribution in [0.2, 0.25) is 0 Å². The molecule has 0 unspecified atom stereocenters. The number of fused-ring (bicyclic) bond motifs is 1. The Balaban J connectivity index is 1.57. The highest BCUT2D eigenvalue weighted by atomic mass is 32.2. The lowest BCUT2D eigenvalue weighted by Gasteiger charge is -2.28. The lowest BCUT2D eigenvalue weighted by atomic mass is 10.2. The van der Waals surface area contributed by atoms with Crippen molar-refractivity contribution < 1.29 is 17.6 Å². The van der Waals surface area contributed by atoms with Gasteiger partial charge in [0.15, 0.2) is 5.58 Å². The van der Waals surface area contributed by atoms with Gasteiger partial charge in [-0.3, -0.25) is 9.29 Å². The summed E-state index contributed by atoms with van der Waals surface area (Å²) in [7, 11) is -2.26. The first kappa shape index (κ1) is 17.6. The number of benzene rings is 2. The molecule has 2 aromatic carbocycles. The van der Waals surface area contributed by atoms with Gasteiger partial charge in [-0.2, -0.15) is 0 Å². The summed E-state index contributed by atoms with van der Waals surface area (Å²) in [5, 5.41) is 0. The minimum atomic E-state index is -3.79. The zero-order chi connectivity index (χ0) is 19.0. The maximum atomic E-state index is 12.7. The third-order valence-corrected chi connectivity index (χ3v) is 5.95. The summed E-state index contributed by atoms with van der Waals surface area (Å²) < 4.78 is 39.6. The summed E-state index contributed by atoms with van der Waals surface area (Å²) in [6.07, 6.45) is 0. The van der Waals surface area contributed by atoms with Crippen LogP contribution in [0.15, 0.2) is 56.6 Å². The zero-order valence-corrected chi connectivity index (χ0v) is 15.5. The third kappa shape index (κ3) is 3.43. The van der Waals surface area contributed by atoms with Gasteiger partial charge in [0.2, 0.25) is 0 Å². The Morgan fingerprint density at radius 2 is 1.74 bits per heavy atom. The van der Waals surface area contributed by atoms with Crippen molar-refractivity contribution in [2.24, 2.45) is 7.05 Å². The van der Waals surface area contributed by atoms with Crippen molar-refractivity contribution in [2.75, 3.05) is 35.9 Å². The van der Waals surface area contributed by atoms with E-state index in [4.69, 9.17) is 9.15 Å². The van der Waals surface area contributed by atoms with Gasteiger partial charge in [0, 0.05) is 31.5 Å². The summed E-state index contributed by atoms with van der Waals surface area (Å²) >= 11 is 0. The Morgan fingerprint density at radius 1 is 1.04 bits per heavy atom. The number of ether oxygens (including phenoxy) is 1. The molecular formula is C18H19N3O5S. The molecule has 142 valence electrons. The van der Waals surface area contributed by atoms with E-state index in [0.29, 0.717) is 30.0 Å². The maximum absolute atomic E-state index is 12.7. The summed E-state index contributed by atoms with van der Waals surface area (Å²) in [6.45, 7) is 3.00. The number of hydrogen-bond acceptors (Lipinski definition) is 6. The molecule has 9 heteroatoms. The van der Waals surface area contributed by atoms with Crippen LogP contribution < -0.4 is 15.4 Å². The summed E-state index contributed by atoms with van der Waals surface area (Å²) in [5.41, 5.74) is 2.26. The second-order valence-corrected chi connectivity index (χ2v) is 7.99. The molecule has 3 aromatic rings. The molecule has 8 nitrogen and oxygen atoms in total. The number of hydrogen-bond donors (Lipinski definition) is 1. The Labute approximate surface area is 156 Å². The number of morpholine rings is 1. The van der Waals surface area contributed by atoms with E-state index in [1.165, 1.54) is 29.8 Å². The average molecular weight is 389 g/mol. The molecule has 0 amide bonds. The standard InChI is InChI=1S/C18H19N3O5S/c1-20-16-12-15(6-7-17(16)26-18(20)22)27(23,24)19-13-2-4-14(5-3-13)21-8-10-25-11-9-21/h2-7,12,19H,8-11H2,1H3. The molecule has 0 spiro atoms. The van der Waals surface area contributed by atoms with Crippen LogP contribution >= 0.6 is 0 Å². The quantitative estimate of drug-likeness (QED) is 0.731. The molecule has 0 atom stereocenters. The molecule has 2 heterocycles. The van der Waals surface area contributed by atoms with Crippen molar-refractivity contribution in [3.8, 4) is 0 Å². The molecule has 1 N–H and O–H groups in total. The van der Waals surface area contributed by atoms with Gasteiger partial charge in [-0.05, 0) is 42.5 Å². The van der Waals surface area contributed by atoms with Crippen LogP contribution in [0.4, 0.5) is 11.4 Å². The zero-order valence-electron chi connectivity index (χ0n) is 14.7. The van der Waals surface area contributed by atoms with E-state index in [0.717, 1.165) is 18.8 Å². The van der Waals surface area contributed by atoms with Crippen molar-refractivity contribution in [2.45, 2.75) is 4.90 Å². The fraction of sp³-hybridized carbons (Fsp3) is 0.278. The largest absolute Gasteiger partial charge is 0.419 e. The van der Waals surface area contributed by atoms with Gasteiger partial charge in [0.25, 0.3) is 10.0 Å². The lowest BCUT2D eigenvalue weighted by Crippen LogP contribution is -2.36. The Morgan fingerprint density at radius 3 is 2.44 bits per heavy atom. The van der Waals surface area contributed by atoms with E-state index in [-0.39, 0.29) is 4.90 Å². The topological polar surface area (TPSA) is 93.8 Å². The number of sulfonamides is 1. The molecule has 4 rings (SSSR count). The van der Waals surface area contributed by atoms with Gasteiger partial charge in [-0.1, -0.05) is 0 Å². The molecule has 1 aromatic heterocycles. The Bertz CT molecular complexity index is 1130. The number of nitrogens with zero attached hydrogens (tertiary/aromatic N) is 2. The molecule has 0 aliphatic carbocycles. The van der Waals surface area contributed by atoms with E-state index < -0.39 is 15.8 Å². The van der Waals surface area contributed by atoms with E-state index in [2.05, 4.69) is 9.62 Å². The van der Waals surface area contributed by atoms with E-state index in [1.54, 1.807) is 12.1 Å². The number of aryl methyl sites for hydroxylation is 1. The third-order valence-electron chi connectivity index (χ3n) is 4.57. The van der Waals surface area contributed by atoms with Crippen molar-refractivity contribution >= 4 is 32.5 Å². The molecule has 27 heavy (non-hydrogen) atoms. The molecule has 0 radical (unpaired) electrons. The normalized spacial score (nSPS) is 15.2. The first-order valence-corrected chi connectivity index (χ1v) is 9.97. The second-order valence-electron chi connectivity index (χ2n) is 6.31. The van der Waals surface area contributed by atoms with Crippen molar-refractivity contribution in [3.63, 3.8) is 0 Å². The van der Waals surface area contributed by atoms with Gasteiger partial charge in [-0.15, -0.1) is 0 Å². The van der Waals surface area contributed by atoms with Crippen LogP contribution in [0.3, 0.4) is 0 Å². The number of nitrogens with one attached hydrogen (secondary N) is 1. The Kier molecular flexibility index (Phi) is 4.40. The monoisotopic (exact) mass is 389 g/mol. The SMILES string of the molecule is Cn1c(=O)oc2ccc(S(=O)(=O)Nc3ccc(N4CCOCC4)cc3)cc21. The Hall–Kier alpha value is -2.78. The summed E-state index contributed by atoms with van der Waals surface area (Å²) in [5.74, 6) is -0.536. The minimum Gasteiger partial charge on any atom is -0.408 e. The molecule has 0 bridgehead atoms. The smallest absolute Gasteiger partial charge is 0.408 e. The number of oxazole rings is 1. The molecule has 1 aliphatic heterocycles. The maximum Gasteiger partial charge on any atom is 0.419 e. The van der Waals surface area contributed by atoms with Crippen LogP contribution in [0.25, 0.3) is 11.1 Å². The fourth-order valence-electron chi connectivity index (χ4n) is 3.05. The molecule has 1 fully saturated rings. The summed E-state index contributed by atoms with van der Waals surface area (Å²) in [4.78, 5) is 13.8. The van der Waals surface area contributed by atoms with Crippen molar-refractivity contribution in [3.05, 3.63) is 53.0 Å². The van der Waals surface area contributed by atoms with Gasteiger partial charge in [0.05, 0.1) is 23.6 Å². The number of rotatable bonds is 4. The second kappa shape index (κ2) is 6.75. The van der Waals surface area contributed by atoms with Crippen LogP contribution in [-0.2, 0) is 21.8 Å². The molecular weight excluding hydrogens is 370 g/mol. The fourth-order valence-corrected chi connectivity index (χ4v) is 4.13. The van der Waals surface area contributed by atoms with Crippen LogP contribution in [0.1, 0.15) is 0 Å². The molecule has 1 saturated heterocycles. The first-order chi connectivity index (χ1) is 12.9. The van der Waals surface area contributed by atoms with Crippen LogP contribution in [0.5, 0.6) is 0 Å². The van der Waals surface area contributed by atoms with E-state index in [9.17, 15) is 13.2 Å². The highest BCUT2D eigenvalue weighted by Gasteiger charge is 2.18.